The molecule has 1 rings (SSSR count). The third-order valence-corrected chi connectivity index (χ3v) is 2.81. The highest BCUT2D eigenvalue weighted by molar-refractivity contribution is 7.99. The second kappa shape index (κ2) is 6.11. The second-order valence-electron chi connectivity index (χ2n) is 2.42. The van der Waals surface area contributed by atoms with E-state index in [0.29, 0.717) is 5.88 Å². The van der Waals surface area contributed by atoms with E-state index in [1.165, 1.54) is 4.90 Å². The summed E-state index contributed by atoms with van der Waals surface area (Å²) < 4.78 is 5.01. The van der Waals surface area contributed by atoms with Gasteiger partial charge in [0.05, 0.1) is 7.11 Å². The zero-order valence-electron chi connectivity index (χ0n) is 7.50. The fourth-order valence-electron chi connectivity index (χ4n) is 0.837. The molecule has 1 heterocycles. The Morgan fingerprint density at radius 1 is 1.62 bits per heavy atom. The Balaban J connectivity index is 2.46. The van der Waals surface area contributed by atoms with Crippen molar-refractivity contribution in [1.29, 1.82) is 0 Å². The van der Waals surface area contributed by atoms with Crippen LogP contribution in [0.3, 0.4) is 0 Å². The number of nitrogens with zero attached hydrogens (tertiary/aromatic N) is 1. The highest BCUT2D eigenvalue weighted by Gasteiger charge is 1.96. The van der Waals surface area contributed by atoms with Crippen molar-refractivity contribution in [1.82, 2.24) is 4.98 Å². The minimum atomic E-state index is 0.663. The molecule has 0 aliphatic rings. The monoisotopic (exact) mass is 217 g/mol. The first-order valence-corrected chi connectivity index (χ1v) is 5.57. The Labute approximate surface area is 87.7 Å². The third-order valence-electron chi connectivity index (χ3n) is 1.46. The average Bonchev–Trinajstić information content (AvgIpc) is 2.19. The standard InChI is InChI=1S/C9H12ClNOS/c1-12-9-7-8(3-5-11-9)13-6-2-4-10/h3,5,7H,2,4,6H2,1H3. The Hall–Kier alpha value is -0.410. The summed E-state index contributed by atoms with van der Waals surface area (Å²) in [6.45, 7) is 0. The lowest BCUT2D eigenvalue weighted by Crippen LogP contribution is -1.87. The summed E-state index contributed by atoms with van der Waals surface area (Å²) in [6, 6.07) is 3.90. The summed E-state index contributed by atoms with van der Waals surface area (Å²) in [5, 5.41) is 0. The van der Waals surface area contributed by atoms with Crippen molar-refractivity contribution in [3.05, 3.63) is 18.3 Å². The Kier molecular flexibility index (Phi) is 5.01. The fourth-order valence-corrected chi connectivity index (χ4v) is 1.99. The molecule has 0 amide bonds. The molecule has 0 radical (unpaired) electrons. The highest BCUT2D eigenvalue weighted by atomic mass is 35.5. The number of methoxy groups -OCH3 is 1. The lowest BCUT2D eigenvalue weighted by atomic mass is 10.5. The van der Waals surface area contributed by atoms with Crippen molar-refractivity contribution in [2.75, 3.05) is 18.7 Å². The molecule has 0 saturated carbocycles. The first kappa shape index (κ1) is 10.7. The van der Waals surface area contributed by atoms with Crippen LogP contribution in [0.2, 0.25) is 0 Å². The van der Waals surface area contributed by atoms with Crippen LogP contribution in [-0.2, 0) is 0 Å². The number of thioether (sulfide) groups is 1. The van der Waals surface area contributed by atoms with Gasteiger partial charge in [-0.05, 0) is 18.2 Å². The Morgan fingerprint density at radius 2 is 2.46 bits per heavy atom. The van der Waals surface area contributed by atoms with E-state index >= 15 is 0 Å². The fraction of sp³-hybridized carbons (Fsp3) is 0.444. The van der Waals surface area contributed by atoms with Crippen molar-refractivity contribution < 1.29 is 4.74 Å². The van der Waals surface area contributed by atoms with E-state index in [2.05, 4.69) is 4.98 Å². The number of pyridine rings is 1. The highest BCUT2D eigenvalue weighted by Crippen LogP contribution is 2.21. The van der Waals surface area contributed by atoms with Crippen LogP contribution in [0.15, 0.2) is 23.2 Å². The molecule has 0 aliphatic heterocycles. The van der Waals surface area contributed by atoms with Crippen molar-refractivity contribution in [2.24, 2.45) is 0 Å². The van der Waals surface area contributed by atoms with E-state index in [0.717, 1.165) is 18.1 Å². The lowest BCUT2D eigenvalue weighted by Gasteiger charge is -2.01. The maximum absolute atomic E-state index is 5.58. The number of aromatic nitrogens is 1. The van der Waals surface area contributed by atoms with Gasteiger partial charge in [0.1, 0.15) is 0 Å². The molecule has 0 aliphatic carbocycles. The molecule has 2 nitrogen and oxygen atoms in total. The summed E-state index contributed by atoms with van der Waals surface area (Å²) in [5.41, 5.74) is 0. The third kappa shape index (κ3) is 3.87. The van der Waals surface area contributed by atoms with Crippen LogP contribution >= 0.6 is 23.4 Å². The van der Waals surface area contributed by atoms with E-state index in [1.54, 1.807) is 25.1 Å². The zero-order valence-corrected chi connectivity index (χ0v) is 9.07. The molecule has 13 heavy (non-hydrogen) atoms. The number of ether oxygens (including phenoxy) is 1. The predicted molar refractivity (Wildman–Crippen MR) is 56.9 cm³/mol. The van der Waals surface area contributed by atoms with Crippen LogP contribution in [0, 0.1) is 0 Å². The number of rotatable bonds is 5. The van der Waals surface area contributed by atoms with E-state index < -0.39 is 0 Å². The second-order valence-corrected chi connectivity index (χ2v) is 3.97. The number of alkyl halides is 1. The predicted octanol–water partition coefficient (Wildman–Crippen LogP) is 2.81. The molecule has 4 heteroatoms. The van der Waals surface area contributed by atoms with Crippen LogP contribution in [0.25, 0.3) is 0 Å². The topological polar surface area (TPSA) is 22.1 Å². The van der Waals surface area contributed by atoms with Crippen LogP contribution in [0.4, 0.5) is 0 Å². The summed E-state index contributed by atoms with van der Waals surface area (Å²) in [5.74, 6) is 2.42. The van der Waals surface area contributed by atoms with Gasteiger partial charge in [-0.15, -0.1) is 23.4 Å². The lowest BCUT2D eigenvalue weighted by molar-refractivity contribution is 0.396. The van der Waals surface area contributed by atoms with Crippen LogP contribution in [0.5, 0.6) is 5.88 Å². The van der Waals surface area contributed by atoms with Crippen LogP contribution in [0.1, 0.15) is 6.42 Å². The van der Waals surface area contributed by atoms with Crippen LogP contribution < -0.4 is 4.74 Å². The first-order chi connectivity index (χ1) is 6.36. The molecule has 72 valence electrons. The summed E-state index contributed by atoms with van der Waals surface area (Å²) in [6.07, 6.45) is 2.78. The molecule has 0 fully saturated rings. The molecule has 0 spiro atoms. The van der Waals surface area contributed by atoms with Crippen LogP contribution in [-0.4, -0.2) is 23.7 Å². The van der Waals surface area contributed by atoms with Gasteiger partial charge in [-0.3, -0.25) is 0 Å². The molecule has 0 unspecified atom stereocenters. The van der Waals surface area contributed by atoms with Gasteiger partial charge in [0.2, 0.25) is 5.88 Å². The van der Waals surface area contributed by atoms with Crippen molar-refractivity contribution in [3.8, 4) is 5.88 Å². The normalized spacial score (nSPS) is 10.0. The quantitative estimate of drug-likeness (QED) is 0.430. The molecule has 0 atom stereocenters. The largest absolute Gasteiger partial charge is 0.481 e. The van der Waals surface area contributed by atoms with Gasteiger partial charge in [0, 0.05) is 23.0 Å². The molecule has 1 aromatic rings. The number of hydrogen-bond donors (Lipinski definition) is 0. The molecule has 1 aromatic heterocycles. The molecule has 0 N–H and O–H groups in total. The van der Waals surface area contributed by atoms with Gasteiger partial charge in [-0.2, -0.15) is 0 Å². The smallest absolute Gasteiger partial charge is 0.214 e. The Bertz CT molecular complexity index is 257. The molecule has 0 bridgehead atoms. The maximum Gasteiger partial charge on any atom is 0.214 e. The van der Waals surface area contributed by atoms with E-state index in [9.17, 15) is 0 Å². The average molecular weight is 218 g/mol. The molecule has 0 aromatic carbocycles. The van der Waals surface area contributed by atoms with Gasteiger partial charge in [-0.25, -0.2) is 4.98 Å². The SMILES string of the molecule is COc1cc(SCCCCl)ccn1. The number of halogens is 1. The number of hydrogen-bond acceptors (Lipinski definition) is 3. The van der Waals surface area contributed by atoms with Gasteiger partial charge < -0.3 is 4.74 Å². The van der Waals surface area contributed by atoms with E-state index in [4.69, 9.17) is 16.3 Å². The van der Waals surface area contributed by atoms with Gasteiger partial charge >= 0.3 is 0 Å². The zero-order chi connectivity index (χ0) is 9.52. The molecular formula is C9H12ClNOS. The van der Waals surface area contributed by atoms with Gasteiger partial charge in [-0.1, -0.05) is 0 Å². The van der Waals surface area contributed by atoms with Crippen molar-refractivity contribution >= 4 is 23.4 Å². The van der Waals surface area contributed by atoms with E-state index in [1.807, 2.05) is 12.1 Å². The first-order valence-electron chi connectivity index (χ1n) is 4.05. The van der Waals surface area contributed by atoms with Gasteiger partial charge in [0.25, 0.3) is 0 Å². The maximum atomic E-state index is 5.58. The Morgan fingerprint density at radius 3 is 3.15 bits per heavy atom. The summed E-state index contributed by atoms with van der Waals surface area (Å²) >= 11 is 7.35. The van der Waals surface area contributed by atoms with E-state index in [-0.39, 0.29) is 0 Å². The van der Waals surface area contributed by atoms with Crippen molar-refractivity contribution in [2.45, 2.75) is 11.3 Å². The minimum Gasteiger partial charge on any atom is -0.481 e. The molecule has 0 saturated heterocycles. The summed E-state index contributed by atoms with van der Waals surface area (Å²) in [7, 11) is 1.62. The molecular weight excluding hydrogens is 206 g/mol. The van der Waals surface area contributed by atoms with Gasteiger partial charge in [0.15, 0.2) is 0 Å². The van der Waals surface area contributed by atoms with Crippen molar-refractivity contribution in [3.63, 3.8) is 0 Å². The summed E-state index contributed by atoms with van der Waals surface area (Å²) in [4.78, 5) is 5.20. The minimum absolute atomic E-state index is 0.663.